The van der Waals surface area contributed by atoms with Crippen LogP contribution in [-0.4, -0.2) is 50.0 Å². The van der Waals surface area contributed by atoms with E-state index < -0.39 is 18.0 Å². The average molecular weight is 371 g/mol. The van der Waals surface area contributed by atoms with Gasteiger partial charge in [0.15, 0.2) is 0 Å². The summed E-state index contributed by atoms with van der Waals surface area (Å²) in [4.78, 5) is 18.0. The van der Waals surface area contributed by atoms with Gasteiger partial charge in [0.25, 0.3) is 0 Å². The molecule has 2 aromatic heterocycles. The number of rotatable bonds is 4. The zero-order valence-corrected chi connectivity index (χ0v) is 13.8. The van der Waals surface area contributed by atoms with Crippen molar-refractivity contribution in [1.82, 2.24) is 24.2 Å². The fraction of sp³-hybridized carbons (Fsp3) is 0.562. The lowest BCUT2D eigenvalue weighted by atomic mass is 10.1. The fourth-order valence-corrected chi connectivity index (χ4v) is 3.52. The molecular formula is C16H17F4N5O. The number of alkyl halides is 4. The lowest BCUT2D eigenvalue weighted by Crippen LogP contribution is -2.50. The predicted molar refractivity (Wildman–Crippen MR) is 83.5 cm³/mol. The lowest BCUT2D eigenvalue weighted by molar-refractivity contribution is -0.141. The molecule has 140 valence electrons. The van der Waals surface area contributed by atoms with E-state index in [4.69, 9.17) is 0 Å². The van der Waals surface area contributed by atoms with Crippen LogP contribution in [0.3, 0.4) is 0 Å². The van der Waals surface area contributed by atoms with Crippen LogP contribution in [0.1, 0.15) is 29.5 Å². The summed E-state index contributed by atoms with van der Waals surface area (Å²) in [7, 11) is 0. The quantitative estimate of drug-likeness (QED) is 0.767. The van der Waals surface area contributed by atoms with E-state index in [1.165, 1.54) is 10.7 Å². The Morgan fingerprint density at radius 2 is 2.00 bits per heavy atom. The minimum Gasteiger partial charge on any atom is -0.295 e. The zero-order chi connectivity index (χ0) is 18.5. The number of likely N-dealkylation sites (tertiary alicyclic amines) is 1. The monoisotopic (exact) mass is 371 g/mol. The van der Waals surface area contributed by atoms with Crippen LogP contribution < -0.4 is 5.69 Å². The van der Waals surface area contributed by atoms with E-state index in [0.29, 0.717) is 37.4 Å². The summed E-state index contributed by atoms with van der Waals surface area (Å²) in [6, 6.07) is 2.15. The molecule has 2 aromatic rings. The van der Waals surface area contributed by atoms with Crippen LogP contribution in [-0.2, 0) is 19.1 Å². The second-order valence-corrected chi connectivity index (χ2v) is 6.78. The van der Waals surface area contributed by atoms with Gasteiger partial charge >= 0.3 is 11.9 Å². The molecule has 0 spiro atoms. The highest BCUT2D eigenvalue weighted by molar-refractivity contribution is 5.16. The molecule has 2 aliphatic rings. The maximum Gasteiger partial charge on any atom is 0.433 e. The van der Waals surface area contributed by atoms with E-state index in [-0.39, 0.29) is 18.3 Å². The molecule has 1 fully saturated rings. The third-order valence-corrected chi connectivity index (χ3v) is 4.84. The molecule has 0 aromatic carbocycles. The first kappa shape index (κ1) is 17.2. The zero-order valence-electron chi connectivity index (χ0n) is 13.8. The second-order valence-electron chi connectivity index (χ2n) is 6.78. The molecule has 2 aliphatic heterocycles. The van der Waals surface area contributed by atoms with Crippen LogP contribution in [0.2, 0.25) is 0 Å². The number of pyridine rings is 1. The van der Waals surface area contributed by atoms with Crippen molar-refractivity contribution < 1.29 is 17.6 Å². The van der Waals surface area contributed by atoms with Crippen LogP contribution in [0.5, 0.6) is 0 Å². The first-order chi connectivity index (χ1) is 12.3. The minimum absolute atomic E-state index is 0.0375. The van der Waals surface area contributed by atoms with E-state index in [1.54, 1.807) is 4.57 Å². The summed E-state index contributed by atoms with van der Waals surface area (Å²) in [6.07, 6.45) is -2.73. The van der Waals surface area contributed by atoms with Gasteiger partial charge in [-0.3, -0.25) is 14.5 Å². The fourth-order valence-electron chi connectivity index (χ4n) is 3.52. The van der Waals surface area contributed by atoms with Gasteiger partial charge in [0.2, 0.25) is 0 Å². The molecule has 6 nitrogen and oxygen atoms in total. The van der Waals surface area contributed by atoms with Crippen molar-refractivity contribution in [2.45, 2.75) is 37.8 Å². The van der Waals surface area contributed by atoms with Crippen molar-refractivity contribution in [3.8, 4) is 0 Å². The highest BCUT2D eigenvalue weighted by atomic mass is 19.4. The van der Waals surface area contributed by atoms with Gasteiger partial charge in [-0.1, -0.05) is 6.07 Å². The maximum atomic E-state index is 13.0. The number of fused-ring (bicyclic) bond motifs is 1. The molecule has 1 atom stereocenters. The van der Waals surface area contributed by atoms with Gasteiger partial charge in [0.05, 0.1) is 12.6 Å². The Morgan fingerprint density at radius 1 is 1.23 bits per heavy atom. The Hall–Kier alpha value is -2.23. The molecule has 0 N–H and O–H groups in total. The number of aromatic nitrogens is 4. The van der Waals surface area contributed by atoms with E-state index in [1.807, 2.05) is 4.90 Å². The minimum atomic E-state index is -4.49. The molecule has 0 radical (unpaired) electrons. The van der Waals surface area contributed by atoms with Crippen LogP contribution in [0.15, 0.2) is 23.1 Å². The summed E-state index contributed by atoms with van der Waals surface area (Å²) in [6.45, 7) is 1.46. The molecule has 0 bridgehead atoms. The standard InChI is InChI=1S/C16H17F4N5O/c17-11-7-23(8-11)9-12-2-4-14-22-24(15(26)25(12)14)6-10-1-3-13(21-5-10)16(18,19)20/h1,3,5,11-12H,2,4,6-9H2. The Balaban J connectivity index is 1.50. The van der Waals surface area contributed by atoms with Gasteiger partial charge in [-0.15, -0.1) is 0 Å². The molecule has 26 heavy (non-hydrogen) atoms. The summed E-state index contributed by atoms with van der Waals surface area (Å²) in [5.74, 6) is 0.664. The molecule has 0 saturated carbocycles. The van der Waals surface area contributed by atoms with Gasteiger partial charge in [0.1, 0.15) is 17.7 Å². The first-order valence-electron chi connectivity index (χ1n) is 8.38. The summed E-state index contributed by atoms with van der Waals surface area (Å²) < 4.78 is 53.5. The summed E-state index contributed by atoms with van der Waals surface area (Å²) in [5.41, 5.74) is -0.794. The van der Waals surface area contributed by atoms with Gasteiger partial charge < -0.3 is 0 Å². The number of hydrogen-bond donors (Lipinski definition) is 0. The van der Waals surface area contributed by atoms with E-state index in [2.05, 4.69) is 10.1 Å². The maximum absolute atomic E-state index is 13.0. The third kappa shape index (κ3) is 3.13. The topological polar surface area (TPSA) is 56.0 Å². The Morgan fingerprint density at radius 3 is 2.62 bits per heavy atom. The normalized spacial score (nSPS) is 21.0. The SMILES string of the molecule is O=c1n(Cc2ccc(C(F)(F)F)nc2)nc2n1C(CN1CC(F)C1)CC2. The molecule has 0 aliphatic carbocycles. The molecule has 1 unspecified atom stereocenters. The number of halogens is 4. The third-order valence-electron chi connectivity index (χ3n) is 4.84. The van der Waals surface area contributed by atoms with Crippen molar-refractivity contribution in [3.05, 3.63) is 45.9 Å². The number of aryl methyl sites for hydroxylation is 1. The van der Waals surface area contributed by atoms with Gasteiger partial charge in [0, 0.05) is 32.3 Å². The Kier molecular flexibility index (Phi) is 4.09. The predicted octanol–water partition coefficient (Wildman–Crippen LogP) is 1.65. The molecule has 4 heterocycles. The highest BCUT2D eigenvalue weighted by Crippen LogP contribution is 2.28. The van der Waals surface area contributed by atoms with Crippen molar-refractivity contribution >= 4 is 0 Å². The lowest BCUT2D eigenvalue weighted by Gasteiger charge is -2.36. The van der Waals surface area contributed by atoms with Crippen LogP contribution >= 0.6 is 0 Å². The molecule has 0 amide bonds. The van der Waals surface area contributed by atoms with Crippen LogP contribution in [0.4, 0.5) is 17.6 Å². The number of hydrogen-bond acceptors (Lipinski definition) is 4. The highest BCUT2D eigenvalue weighted by Gasteiger charge is 2.34. The smallest absolute Gasteiger partial charge is 0.295 e. The van der Waals surface area contributed by atoms with Gasteiger partial charge in [-0.05, 0) is 18.1 Å². The van der Waals surface area contributed by atoms with Crippen molar-refractivity contribution in [2.24, 2.45) is 0 Å². The van der Waals surface area contributed by atoms with Crippen LogP contribution in [0, 0.1) is 0 Å². The number of nitrogens with zero attached hydrogens (tertiary/aromatic N) is 5. The van der Waals surface area contributed by atoms with E-state index in [9.17, 15) is 22.4 Å². The van der Waals surface area contributed by atoms with Crippen molar-refractivity contribution in [1.29, 1.82) is 0 Å². The van der Waals surface area contributed by atoms with E-state index in [0.717, 1.165) is 18.7 Å². The summed E-state index contributed by atoms with van der Waals surface area (Å²) in [5, 5.41) is 4.30. The second kappa shape index (κ2) is 6.19. The largest absolute Gasteiger partial charge is 0.433 e. The summed E-state index contributed by atoms with van der Waals surface area (Å²) >= 11 is 0. The van der Waals surface area contributed by atoms with Crippen molar-refractivity contribution in [3.63, 3.8) is 0 Å². The molecule has 4 rings (SSSR count). The molecule has 10 heteroatoms. The first-order valence-corrected chi connectivity index (χ1v) is 8.38. The molecular weight excluding hydrogens is 354 g/mol. The Bertz CT molecular complexity index is 851. The Labute approximate surface area is 146 Å². The van der Waals surface area contributed by atoms with Gasteiger partial charge in [-0.25, -0.2) is 13.9 Å². The molecule has 1 saturated heterocycles. The van der Waals surface area contributed by atoms with E-state index >= 15 is 0 Å². The van der Waals surface area contributed by atoms with Crippen molar-refractivity contribution in [2.75, 3.05) is 19.6 Å². The average Bonchev–Trinajstić information content (AvgIpc) is 3.07. The van der Waals surface area contributed by atoms with Gasteiger partial charge in [-0.2, -0.15) is 18.3 Å². The van der Waals surface area contributed by atoms with Crippen LogP contribution in [0.25, 0.3) is 0 Å².